The minimum absolute atomic E-state index is 0.202. The van der Waals surface area contributed by atoms with E-state index in [2.05, 4.69) is 11.4 Å². The highest BCUT2D eigenvalue weighted by atomic mass is 16.6. The number of carbonyl (C=O) groups is 1. The molecule has 1 aromatic rings. The molecule has 0 spiro atoms. The van der Waals surface area contributed by atoms with Crippen molar-refractivity contribution in [1.29, 1.82) is 0 Å². The lowest BCUT2D eigenvalue weighted by molar-refractivity contribution is -0.157. The van der Waals surface area contributed by atoms with Crippen LogP contribution in [0.4, 0.5) is 5.69 Å². The highest BCUT2D eigenvalue weighted by molar-refractivity contribution is 5.81. The monoisotopic (exact) mass is 274 g/mol. The zero-order valence-corrected chi connectivity index (χ0v) is 12.3. The molecule has 0 aromatic heterocycles. The van der Waals surface area contributed by atoms with Crippen molar-refractivity contribution in [2.45, 2.75) is 38.8 Å². The van der Waals surface area contributed by atoms with Gasteiger partial charge >= 0.3 is 5.97 Å². The Kier molecular flexibility index (Phi) is 4.14. The molecule has 0 saturated carbocycles. The molecule has 1 aromatic carbocycles. The highest BCUT2D eigenvalue weighted by Crippen LogP contribution is 2.25. The lowest BCUT2D eigenvalue weighted by Gasteiger charge is -2.27. The third kappa shape index (κ3) is 3.84. The molecule has 4 heteroatoms. The van der Waals surface area contributed by atoms with Gasteiger partial charge in [0.05, 0.1) is 0 Å². The SMILES string of the molecule is CC(C)(C)OC(=O)C1CC(c2cccc(N)c2)=CCN1. The number of esters is 1. The predicted molar refractivity (Wildman–Crippen MR) is 81.1 cm³/mol. The molecule has 0 radical (unpaired) electrons. The average molecular weight is 274 g/mol. The molecule has 1 heterocycles. The third-order valence-electron chi connectivity index (χ3n) is 3.09. The first-order chi connectivity index (χ1) is 9.35. The Morgan fingerprint density at radius 1 is 1.40 bits per heavy atom. The molecule has 2 rings (SSSR count). The number of anilines is 1. The summed E-state index contributed by atoms with van der Waals surface area (Å²) < 4.78 is 5.43. The molecular formula is C16H22N2O2. The number of hydrogen-bond acceptors (Lipinski definition) is 4. The van der Waals surface area contributed by atoms with Crippen LogP contribution in [-0.2, 0) is 9.53 Å². The van der Waals surface area contributed by atoms with Gasteiger partial charge in [0.1, 0.15) is 11.6 Å². The topological polar surface area (TPSA) is 64.3 Å². The van der Waals surface area contributed by atoms with Crippen molar-refractivity contribution >= 4 is 17.2 Å². The predicted octanol–water partition coefficient (Wildman–Crippen LogP) is 2.36. The lowest BCUT2D eigenvalue weighted by Crippen LogP contribution is -2.43. The first-order valence-corrected chi connectivity index (χ1v) is 6.86. The van der Waals surface area contributed by atoms with E-state index in [9.17, 15) is 4.79 Å². The number of hydrogen-bond donors (Lipinski definition) is 2. The second-order valence-electron chi connectivity index (χ2n) is 6.05. The molecule has 0 saturated heterocycles. The van der Waals surface area contributed by atoms with E-state index in [0.29, 0.717) is 13.0 Å². The van der Waals surface area contributed by atoms with Crippen LogP contribution in [0.5, 0.6) is 0 Å². The van der Waals surface area contributed by atoms with E-state index in [1.54, 1.807) is 0 Å². The summed E-state index contributed by atoms with van der Waals surface area (Å²) in [6.07, 6.45) is 2.72. The number of nitrogens with two attached hydrogens (primary N) is 1. The van der Waals surface area contributed by atoms with Gasteiger partial charge in [0.2, 0.25) is 0 Å². The fourth-order valence-corrected chi connectivity index (χ4v) is 2.21. The van der Waals surface area contributed by atoms with Gasteiger partial charge in [-0.1, -0.05) is 18.2 Å². The molecule has 1 aliphatic heterocycles. The van der Waals surface area contributed by atoms with E-state index in [1.807, 2.05) is 45.0 Å². The Morgan fingerprint density at radius 3 is 2.80 bits per heavy atom. The van der Waals surface area contributed by atoms with Crippen LogP contribution in [0.25, 0.3) is 5.57 Å². The van der Waals surface area contributed by atoms with Gasteiger partial charge in [-0.3, -0.25) is 4.79 Å². The molecule has 20 heavy (non-hydrogen) atoms. The molecule has 0 bridgehead atoms. The Bertz CT molecular complexity index is 530. The van der Waals surface area contributed by atoms with Crippen LogP contribution >= 0.6 is 0 Å². The van der Waals surface area contributed by atoms with E-state index >= 15 is 0 Å². The number of benzene rings is 1. The van der Waals surface area contributed by atoms with E-state index in [1.165, 1.54) is 0 Å². The first kappa shape index (κ1) is 14.6. The van der Waals surface area contributed by atoms with Crippen molar-refractivity contribution in [3.05, 3.63) is 35.9 Å². The summed E-state index contributed by atoms with van der Waals surface area (Å²) in [7, 11) is 0. The molecule has 0 fully saturated rings. The number of nitrogens with one attached hydrogen (secondary N) is 1. The van der Waals surface area contributed by atoms with Crippen LogP contribution in [0.1, 0.15) is 32.8 Å². The van der Waals surface area contributed by atoms with Gasteiger partial charge in [0.25, 0.3) is 0 Å². The standard InChI is InChI=1S/C16H22N2O2/c1-16(2,3)20-15(19)14-10-12(7-8-18-14)11-5-4-6-13(17)9-11/h4-7,9,14,18H,8,10,17H2,1-3H3. The molecule has 0 amide bonds. The van der Waals surface area contributed by atoms with Crippen molar-refractivity contribution < 1.29 is 9.53 Å². The van der Waals surface area contributed by atoms with Crippen molar-refractivity contribution in [3.8, 4) is 0 Å². The molecule has 1 unspecified atom stereocenters. The van der Waals surface area contributed by atoms with E-state index in [4.69, 9.17) is 10.5 Å². The summed E-state index contributed by atoms with van der Waals surface area (Å²) >= 11 is 0. The zero-order chi connectivity index (χ0) is 14.8. The maximum absolute atomic E-state index is 12.1. The number of carbonyl (C=O) groups excluding carboxylic acids is 1. The second-order valence-corrected chi connectivity index (χ2v) is 6.05. The summed E-state index contributed by atoms with van der Waals surface area (Å²) in [6, 6.07) is 7.44. The fraction of sp³-hybridized carbons (Fsp3) is 0.438. The van der Waals surface area contributed by atoms with E-state index < -0.39 is 5.60 Å². The van der Waals surface area contributed by atoms with Gasteiger partial charge in [0.15, 0.2) is 0 Å². The maximum atomic E-state index is 12.1. The van der Waals surface area contributed by atoms with Crippen LogP contribution in [0, 0.1) is 0 Å². The smallest absolute Gasteiger partial charge is 0.324 e. The van der Waals surface area contributed by atoms with Crippen LogP contribution < -0.4 is 11.1 Å². The van der Waals surface area contributed by atoms with Crippen LogP contribution in [0.15, 0.2) is 30.3 Å². The van der Waals surface area contributed by atoms with Crippen LogP contribution in [-0.4, -0.2) is 24.2 Å². The molecule has 0 aliphatic carbocycles. The Morgan fingerprint density at radius 2 is 2.15 bits per heavy atom. The van der Waals surface area contributed by atoms with Gasteiger partial charge in [-0.05, 0) is 50.5 Å². The van der Waals surface area contributed by atoms with Crippen LogP contribution in [0.2, 0.25) is 0 Å². The maximum Gasteiger partial charge on any atom is 0.324 e. The van der Waals surface area contributed by atoms with Gasteiger partial charge in [-0.2, -0.15) is 0 Å². The Hall–Kier alpha value is -1.81. The first-order valence-electron chi connectivity index (χ1n) is 6.86. The molecule has 3 N–H and O–H groups in total. The molecule has 108 valence electrons. The van der Waals surface area contributed by atoms with Gasteiger partial charge in [-0.15, -0.1) is 0 Å². The summed E-state index contributed by atoms with van der Waals surface area (Å²) in [4.78, 5) is 12.1. The summed E-state index contributed by atoms with van der Waals surface area (Å²) in [6.45, 7) is 6.29. The normalized spacial score (nSPS) is 19.4. The van der Waals surface area contributed by atoms with Gasteiger partial charge in [0, 0.05) is 12.2 Å². The average Bonchev–Trinajstić information content (AvgIpc) is 2.37. The fourth-order valence-electron chi connectivity index (χ4n) is 2.21. The molecule has 1 aliphatic rings. The summed E-state index contributed by atoms with van der Waals surface area (Å²) in [5.74, 6) is -0.202. The van der Waals surface area contributed by atoms with E-state index in [-0.39, 0.29) is 12.0 Å². The molecular weight excluding hydrogens is 252 g/mol. The number of ether oxygens (including phenoxy) is 1. The Balaban J connectivity index is 2.09. The Labute approximate surface area is 120 Å². The lowest BCUT2D eigenvalue weighted by atomic mass is 9.95. The summed E-state index contributed by atoms with van der Waals surface area (Å²) in [5, 5.41) is 3.17. The summed E-state index contributed by atoms with van der Waals surface area (Å²) in [5.41, 5.74) is 8.28. The van der Waals surface area contributed by atoms with Crippen molar-refractivity contribution in [3.63, 3.8) is 0 Å². The minimum atomic E-state index is -0.461. The van der Waals surface area contributed by atoms with Gasteiger partial charge < -0.3 is 15.8 Å². The van der Waals surface area contributed by atoms with Crippen molar-refractivity contribution in [1.82, 2.24) is 5.32 Å². The molecule has 1 atom stereocenters. The van der Waals surface area contributed by atoms with Crippen molar-refractivity contribution in [2.75, 3.05) is 12.3 Å². The largest absolute Gasteiger partial charge is 0.459 e. The number of nitrogen functional groups attached to an aromatic ring is 1. The van der Waals surface area contributed by atoms with Gasteiger partial charge in [-0.25, -0.2) is 0 Å². The van der Waals surface area contributed by atoms with E-state index in [0.717, 1.165) is 16.8 Å². The minimum Gasteiger partial charge on any atom is -0.459 e. The quantitative estimate of drug-likeness (QED) is 0.642. The third-order valence-corrected chi connectivity index (χ3v) is 3.09. The zero-order valence-electron chi connectivity index (χ0n) is 12.3. The second kappa shape index (κ2) is 5.67. The van der Waals surface area contributed by atoms with Crippen LogP contribution in [0.3, 0.4) is 0 Å². The number of rotatable bonds is 2. The van der Waals surface area contributed by atoms with Crippen molar-refractivity contribution in [2.24, 2.45) is 0 Å². The highest BCUT2D eigenvalue weighted by Gasteiger charge is 2.27. The molecule has 4 nitrogen and oxygen atoms in total.